The average molecular weight is 398 g/mol. The lowest BCUT2D eigenvalue weighted by Crippen LogP contribution is -2.50. The fraction of sp³-hybridized carbons (Fsp3) is 0.652. The summed E-state index contributed by atoms with van der Waals surface area (Å²) in [6, 6.07) is 8.62. The highest BCUT2D eigenvalue weighted by Crippen LogP contribution is 2.28. The zero-order valence-electron chi connectivity index (χ0n) is 17.8. The lowest BCUT2D eigenvalue weighted by atomic mass is 10.1. The van der Waals surface area contributed by atoms with Crippen molar-refractivity contribution in [3.63, 3.8) is 0 Å². The van der Waals surface area contributed by atoms with Gasteiger partial charge in [-0.15, -0.1) is 0 Å². The zero-order chi connectivity index (χ0) is 20.1. The first-order chi connectivity index (χ1) is 14.3. The molecule has 29 heavy (non-hydrogen) atoms. The Balaban J connectivity index is 1.27. The molecule has 6 heteroatoms. The monoisotopic (exact) mass is 397 g/mol. The first kappa shape index (κ1) is 20.2. The van der Waals surface area contributed by atoms with E-state index in [2.05, 4.69) is 51.2 Å². The van der Waals surface area contributed by atoms with E-state index in [-0.39, 0.29) is 0 Å². The Morgan fingerprint density at radius 2 is 1.86 bits per heavy atom. The van der Waals surface area contributed by atoms with Crippen molar-refractivity contribution in [1.29, 1.82) is 0 Å². The van der Waals surface area contributed by atoms with Crippen LogP contribution in [0.4, 0.5) is 5.69 Å². The molecule has 0 radical (unpaired) electrons. The number of aliphatic imine (C=N–C) groups is 1. The van der Waals surface area contributed by atoms with Crippen molar-refractivity contribution in [1.82, 2.24) is 15.1 Å². The smallest absolute Gasteiger partial charge is 0.225 e. The topological polar surface area (TPSA) is 51.2 Å². The van der Waals surface area contributed by atoms with E-state index in [1.54, 1.807) is 0 Å². The number of guanidine groups is 1. The van der Waals surface area contributed by atoms with Crippen LogP contribution in [0.15, 0.2) is 29.3 Å². The van der Waals surface area contributed by atoms with E-state index >= 15 is 0 Å². The maximum Gasteiger partial charge on any atom is 0.225 e. The fourth-order valence-corrected chi connectivity index (χ4v) is 4.87. The van der Waals surface area contributed by atoms with Gasteiger partial charge in [-0.2, -0.15) is 0 Å². The highest BCUT2D eigenvalue weighted by Gasteiger charge is 2.29. The number of benzene rings is 1. The van der Waals surface area contributed by atoms with Crippen molar-refractivity contribution in [3.8, 4) is 0 Å². The number of hydrogen-bond donors (Lipinski definition) is 1. The quantitative estimate of drug-likeness (QED) is 0.612. The first-order valence-electron chi connectivity index (χ1n) is 11.4. The summed E-state index contributed by atoms with van der Waals surface area (Å²) >= 11 is 0. The van der Waals surface area contributed by atoms with Crippen LogP contribution < -0.4 is 10.2 Å². The molecule has 2 aliphatic heterocycles. The summed E-state index contributed by atoms with van der Waals surface area (Å²) in [6.07, 6.45) is 5.73. The molecule has 1 saturated carbocycles. The van der Waals surface area contributed by atoms with Crippen molar-refractivity contribution >= 4 is 17.6 Å². The van der Waals surface area contributed by atoms with E-state index in [9.17, 15) is 4.79 Å². The van der Waals surface area contributed by atoms with Crippen LogP contribution in [0.1, 0.15) is 38.2 Å². The molecule has 3 aliphatic rings. The molecule has 2 fully saturated rings. The molecule has 1 aromatic rings. The highest BCUT2D eigenvalue weighted by atomic mass is 16.2. The summed E-state index contributed by atoms with van der Waals surface area (Å²) in [6.45, 7) is 9.42. The lowest BCUT2D eigenvalue weighted by Gasteiger charge is -2.35. The molecule has 1 N–H and O–H groups in total. The van der Waals surface area contributed by atoms with Gasteiger partial charge < -0.3 is 15.1 Å². The summed E-state index contributed by atoms with van der Waals surface area (Å²) in [7, 11) is 0. The third kappa shape index (κ3) is 4.74. The van der Waals surface area contributed by atoms with Gasteiger partial charge in [-0.25, -0.2) is 0 Å². The third-order valence-corrected chi connectivity index (χ3v) is 6.54. The zero-order valence-corrected chi connectivity index (χ0v) is 17.8. The molecule has 6 nitrogen and oxygen atoms in total. The molecule has 0 unspecified atom stereocenters. The van der Waals surface area contributed by atoms with E-state index < -0.39 is 0 Å². The first-order valence-corrected chi connectivity index (χ1v) is 11.4. The number of carbonyl (C=O) groups is 1. The number of hydrogen-bond acceptors (Lipinski definition) is 3. The van der Waals surface area contributed by atoms with Crippen molar-refractivity contribution in [2.45, 2.75) is 39.0 Å². The molecule has 0 atom stereocenters. The number of fused-ring (bicyclic) bond motifs is 1. The molecular formula is C23H35N5O. The van der Waals surface area contributed by atoms with E-state index in [4.69, 9.17) is 4.99 Å². The molecule has 1 saturated heterocycles. The summed E-state index contributed by atoms with van der Waals surface area (Å²) in [5.41, 5.74) is 2.69. The van der Waals surface area contributed by atoms with Gasteiger partial charge in [-0.1, -0.05) is 31.0 Å². The van der Waals surface area contributed by atoms with Crippen LogP contribution in [0.3, 0.4) is 0 Å². The average Bonchev–Trinajstić information content (AvgIpc) is 3.43. The number of para-hydroxylation sites is 1. The SMILES string of the molecule is CCNC(=NCCN1CCN(C(=O)C2CCCC2)CC1)N1CCc2ccccc21. The van der Waals surface area contributed by atoms with Crippen LogP contribution in [-0.4, -0.2) is 74.0 Å². The summed E-state index contributed by atoms with van der Waals surface area (Å²) in [5, 5.41) is 3.46. The van der Waals surface area contributed by atoms with Crippen LogP contribution in [0.2, 0.25) is 0 Å². The Bertz CT molecular complexity index is 720. The molecule has 1 aliphatic carbocycles. The van der Waals surface area contributed by atoms with Crippen molar-refractivity contribution in [2.24, 2.45) is 10.9 Å². The molecule has 0 spiro atoms. The van der Waals surface area contributed by atoms with E-state index in [0.29, 0.717) is 11.8 Å². The number of carbonyl (C=O) groups excluding carboxylic acids is 1. The molecule has 2 heterocycles. The number of anilines is 1. The predicted octanol–water partition coefficient (Wildman–Crippen LogP) is 2.35. The van der Waals surface area contributed by atoms with Gasteiger partial charge in [0.15, 0.2) is 5.96 Å². The van der Waals surface area contributed by atoms with Crippen LogP contribution in [0.5, 0.6) is 0 Å². The molecule has 1 amide bonds. The Labute approximate surface area is 175 Å². The molecular weight excluding hydrogens is 362 g/mol. The minimum absolute atomic E-state index is 0.303. The van der Waals surface area contributed by atoms with Gasteiger partial charge >= 0.3 is 0 Å². The Kier molecular flexibility index (Phi) is 6.70. The molecule has 4 rings (SSSR count). The van der Waals surface area contributed by atoms with Crippen molar-refractivity contribution in [3.05, 3.63) is 29.8 Å². The molecule has 158 valence electrons. The maximum absolute atomic E-state index is 12.6. The van der Waals surface area contributed by atoms with Gasteiger partial charge in [-0.05, 0) is 37.8 Å². The van der Waals surface area contributed by atoms with E-state index in [1.807, 2.05) is 0 Å². The molecule has 1 aromatic carbocycles. The minimum Gasteiger partial charge on any atom is -0.356 e. The second-order valence-corrected chi connectivity index (χ2v) is 8.41. The number of rotatable bonds is 5. The van der Waals surface area contributed by atoms with Gasteiger partial charge in [-0.3, -0.25) is 14.7 Å². The van der Waals surface area contributed by atoms with Crippen LogP contribution in [0, 0.1) is 5.92 Å². The normalized spacial score (nSPS) is 20.9. The Morgan fingerprint density at radius 3 is 2.62 bits per heavy atom. The van der Waals surface area contributed by atoms with Gasteiger partial charge in [0.25, 0.3) is 0 Å². The van der Waals surface area contributed by atoms with E-state index in [1.165, 1.54) is 24.1 Å². The lowest BCUT2D eigenvalue weighted by molar-refractivity contribution is -0.137. The van der Waals surface area contributed by atoms with Gasteiger partial charge in [0.05, 0.1) is 6.54 Å². The summed E-state index contributed by atoms with van der Waals surface area (Å²) in [5.74, 6) is 1.70. The fourth-order valence-electron chi connectivity index (χ4n) is 4.87. The van der Waals surface area contributed by atoms with Crippen molar-refractivity contribution in [2.75, 3.05) is 57.3 Å². The van der Waals surface area contributed by atoms with E-state index in [0.717, 1.165) is 77.6 Å². The van der Waals surface area contributed by atoms with Gasteiger partial charge in [0, 0.05) is 57.4 Å². The number of nitrogens with zero attached hydrogens (tertiary/aromatic N) is 4. The van der Waals surface area contributed by atoms with Crippen LogP contribution >= 0.6 is 0 Å². The Morgan fingerprint density at radius 1 is 1.10 bits per heavy atom. The van der Waals surface area contributed by atoms with Crippen LogP contribution in [0.25, 0.3) is 0 Å². The number of nitrogens with one attached hydrogen (secondary N) is 1. The van der Waals surface area contributed by atoms with Gasteiger partial charge in [0.1, 0.15) is 0 Å². The maximum atomic E-state index is 12.6. The Hall–Kier alpha value is -2.08. The summed E-state index contributed by atoms with van der Waals surface area (Å²) in [4.78, 5) is 24.4. The number of piperazine rings is 1. The second-order valence-electron chi connectivity index (χ2n) is 8.41. The largest absolute Gasteiger partial charge is 0.356 e. The summed E-state index contributed by atoms with van der Waals surface area (Å²) < 4.78 is 0. The molecule has 0 aromatic heterocycles. The van der Waals surface area contributed by atoms with Crippen molar-refractivity contribution < 1.29 is 4.79 Å². The third-order valence-electron chi connectivity index (χ3n) is 6.54. The van der Waals surface area contributed by atoms with Gasteiger partial charge in [0.2, 0.25) is 5.91 Å². The predicted molar refractivity (Wildman–Crippen MR) is 118 cm³/mol. The minimum atomic E-state index is 0.303. The second kappa shape index (κ2) is 9.61. The van der Waals surface area contributed by atoms with Crippen LogP contribution in [-0.2, 0) is 11.2 Å². The highest BCUT2D eigenvalue weighted by molar-refractivity contribution is 5.97. The standard InChI is InChI=1S/C23H35N5O/c1-2-24-23(28-13-11-19-7-5-6-10-21(19)28)25-12-14-26-15-17-27(18-16-26)22(29)20-8-3-4-9-20/h5-7,10,20H,2-4,8-9,11-18H2,1H3,(H,24,25). The number of amides is 1. The molecule has 0 bridgehead atoms.